The van der Waals surface area contributed by atoms with Gasteiger partial charge >= 0.3 is 6.18 Å². The van der Waals surface area contributed by atoms with Gasteiger partial charge < -0.3 is 0 Å². The van der Waals surface area contributed by atoms with Crippen molar-refractivity contribution in [2.75, 3.05) is 0 Å². The highest BCUT2D eigenvalue weighted by Crippen LogP contribution is 2.47. The molecule has 0 radical (unpaired) electrons. The number of hydrogen-bond donors (Lipinski definition) is 2. The normalized spacial score (nSPS) is 18.2. The average Bonchev–Trinajstić information content (AvgIpc) is 3.55. The zero-order valence-corrected chi connectivity index (χ0v) is 17.6. The summed E-state index contributed by atoms with van der Waals surface area (Å²) in [6.07, 6.45) is 2.53. The topological polar surface area (TPSA) is 83.1 Å². The number of fused-ring (bicyclic) bond motifs is 3. The number of nitrogens with one attached hydrogen (secondary N) is 2. The second-order valence-corrected chi connectivity index (χ2v) is 8.24. The highest BCUT2D eigenvalue weighted by molar-refractivity contribution is 6.08. The summed E-state index contributed by atoms with van der Waals surface area (Å²) >= 11 is 0. The van der Waals surface area contributed by atoms with Gasteiger partial charge in [0.15, 0.2) is 5.82 Å². The summed E-state index contributed by atoms with van der Waals surface area (Å²) in [4.78, 5) is 0. The monoisotopic (exact) mass is 458 g/mol. The quantitative estimate of drug-likeness (QED) is 0.339. The van der Waals surface area contributed by atoms with Gasteiger partial charge in [0, 0.05) is 11.1 Å². The van der Waals surface area contributed by atoms with Crippen molar-refractivity contribution < 1.29 is 13.2 Å². The Morgan fingerprint density at radius 3 is 2.47 bits per heavy atom. The SMILES string of the molecule is FC(F)(F)c1[nH]nc(-c2ccc3c(ccc4ccccc43)c2)c1C1(c2nn[nH]n2)C=CC=CC1. The van der Waals surface area contributed by atoms with E-state index in [1.807, 2.05) is 48.5 Å². The predicted molar refractivity (Wildman–Crippen MR) is 122 cm³/mol. The van der Waals surface area contributed by atoms with E-state index in [1.165, 1.54) is 0 Å². The van der Waals surface area contributed by atoms with Crippen molar-refractivity contribution in [3.63, 3.8) is 0 Å². The molecule has 5 aromatic rings. The zero-order valence-electron chi connectivity index (χ0n) is 17.6. The van der Waals surface area contributed by atoms with Crippen molar-refractivity contribution in [1.29, 1.82) is 0 Å². The lowest BCUT2D eigenvalue weighted by Gasteiger charge is -2.29. The van der Waals surface area contributed by atoms with E-state index < -0.39 is 17.3 Å². The van der Waals surface area contributed by atoms with E-state index in [2.05, 4.69) is 30.8 Å². The van der Waals surface area contributed by atoms with Gasteiger partial charge in [-0.2, -0.15) is 23.5 Å². The number of aromatic nitrogens is 6. The molecule has 168 valence electrons. The minimum Gasteiger partial charge on any atom is -0.273 e. The number of allylic oxidation sites excluding steroid dienone is 4. The van der Waals surface area contributed by atoms with Crippen molar-refractivity contribution in [3.05, 3.63) is 96.0 Å². The number of alkyl halides is 3. The first-order valence-corrected chi connectivity index (χ1v) is 10.6. The van der Waals surface area contributed by atoms with Gasteiger partial charge in [-0.05, 0) is 34.0 Å². The van der Waals surface area contributed by atoms with Crippen LogP contribution >= 0.6 is 0 Å². The summed E-state index contributed by atoms with van der Waals surface area (Å²) in [6.45, 7) is 0. The van der Waals surface area contributed by atoms with Crippen molar-refractivity contribution >= 4 is 21.5 Å². The molecule has 1 aliphatic carbocycles. The minimum atomic E-state index is -4.65. The molecule has 0 saturated carbocycles. The molecule has 0 amide bonds. The van der Waals surface area contributed by atoms with Crippen LogP contribution in [0, 0.1) is 0 Å². The Morgan fingerprint density at radius 1 is 0.882 bits per heavy atom. The third kappa shape index (κ3) is 3.04. The van der Waals surface area contributed by atoms with Crippen LogP contribution in [-0.4, -0.2) is 30.8 Å². The van der Waals surface area contributed by atoms with Crippen LogP contribution in [0.25, 0.3) is 32.8 Å². The lowest BCUT2D eigenvalue weighted by molar-refractivity contribution is -0.142. The van der Waals surface area contributed by atoms with E-state index >= 15 is 0 Å². The van der Waals surface area contributed by atoms with E-state index in [1.54, 1.807) is 30.4 Å². The number of nitrogens with zero attached hydrogens (tertiary/aromatic N) is 4. The molecule has 2 N–H and O–H groups in total. The van der Waals surface area contributed by atoms with Gasteiger partial charge in [0.05, 0.1) is 11.1 Å². The van der Waals surface area contributed by atoms with Crippen LogP contribution in [0.2, 0.25) is 0 Å². The van der Waals surface area contributed by atoms with E-state index in [9.17, 15) is 13.2 Å². The number of benzene rings is 3. The van der Waals surface area contributed by atoms with E-state index in [-0.39, 0.29) is 23.5 Å². The van der Waals surface area contributed by atoms with Crippen LogP contribution in [0.1, 0.15) is 23.5 Å². The van der Waals surface area contributed by atoms with E-state index in [0.717, 1.165) is 21.5 Å². The molecule has 1 unspecified atom stereocenters. The number of aromatic amines is 2. The molecule has 0 bridgehead atoms. The molecule has 6 nitrogen and oxygen atoms in total. The van der Waals surface area contributed by atoms with Crippen molar-refractivity contribution in [2.24, 2.45) is 0 Å². The molecular formula is C25H17F3N6. The number of H-pyrrole nitrogens is 2. The van der Waals surface area contributed by atoms with Gasteiger partial charge in [0.1, 0.15) is 5.69 Å². The Bertz CT molecular complexity index is 1580. The second kappa shape index (κ2) is 7.38. The summed E-state index contributed by atoms with van der Waals surface area (Å²) in [5.74, 6) is 0.146. The molecule has 0 aliphatic heterocycles. The van der Waals surface area contributed by atoms with Crippen molar-refractivity contribution in [1.82, 2.24) is 30.8 Å². The molecule has 3 aromatic carbocycles. The molecule has 0 spiro atoms. The number of halogens is 3. The van der Waals surface area contributed by atoms with Gasteiger partial charge in [0.25, 0.3) is 0 Å². The smallest absolute Gasteiger partial charge is 0.273 e. The van der Waals surface area contributed by atoms with Crippen molar-refractivity contribution in [2.45, 2.75) is 18.0 Å². The summed E-state index contributed by atoms with van der Waals surface area (Å²) in [5, 5.41) is 24.6. The van der Waals surface area contributed by atoms with Crippen molar-refractivity contribution in [3.8, 4) is 11.3 Å². The maximum atomic E-state index is 14.2. The maximum Gasteiger partial charge on any atom is 0.433 e. The van der Waals surface area contributed by atoms with Gasteiger partial charge in [-0.15, -0.1) is 10.2 Å². The Kier molecular flexibility index (Phi) is 4.41. The molecule has 1 atom stereocenters. The lowest BCUT2D eigenvalue weighted by atomic mass is 9.72. The molecule has 6 rings (SSSR count). The van der Waals surface area contributed by atoms with Gasteiger partial charge in [-0.1, -0.05) is 78.0 Å². The summed E-state index contributed by atoms with van der Waals surface area (Å²) < 4.78 is 42.6. The summed E-state index contributed by atoms with van der Waals surface area (Å²) in [6, 6.07) is 17.6. The van der Waals surface area contributed by atoms with Gasteiger partial charge in [-0.3, -0.25) is 5.10 Å². The molecule has 2 aromatic heterocycles. The predicted octanol–water partition coefficient (Wildman–Crippen LogP) is 5.72. The average molecular weight is 458 g/mol. The molecule has 1 aliphatic rings. The highest BCUT2D eigenvalue weighted by Gasteiger charge is 2.48. The standard InChI is InChI=1S/C25H17F3N6/c26-25(27,28)22-20(24(12-4-1-5-13-24)23-31-33-34-32-23)21(29-30-22)17-10-11-19-16(14-17)9-8-15-6-2-3-7-18(15)19/h1-12,14H,13H2,(H,29,30)(H,31,32,33,34). The first-order valence-electron chi connectivity index (χ1n) is 10.6. The first-order chi connectivity index (χ1) is 16.5. The van der Waals surface area contributed by atoms with E-state index in [0.29, 0.717) is 5.56 Å². The molecule has 0 fully saturated rings. The summed E-state index contributed by atoms with van der Waals surface area (Å²) in [5.41, 5.74) is -1.47. The first kappa shape index (κ1) is 20.3. The van der Waals surface area contributed by atoms with Crippen LogP contribution < -0.4 is 0 Å². The summed E-state index contributed by atoms with van der Waals surface area (Å²) in [7, 11) is 0. The third-order valence-corrected chi connectivity index (χ3v) is 6.33. The van der Waals surface area contributed by atoms with Gasteiger partial charge in [0.2, 0.25) is 0 Å². The van der Waals surface area contributed by atoms with Crippen LogP contribution in [0.15, 0.2) is 78.9 Å². The molecular weight excluding hydrogens is 441 g/mol. The third-order valence-electron chi connectivity index (χ3n) is 6.33. The fourth-order valence-electron chi connectivity index (χ4n) is 4.78. The number of rotatable bonds is 3. The molecule has 34 heavy (non-hydrogen) atoms. The fraction of sp³-hybridized carbons (Fsp3) is 0.120. The molecule has 0 saturated heterocycles. The maximum absolute atomic E-state index is 14.2. The minimum absolute atomic E-state index is 0.0258. The fourth-order valence-corrected chi connectivity index (χ4v) is 4.78. The van der Waals surface area contributed by atoms with Gasteiger partial charge in [-0.25, -0.2) is 0 Å². The second-order valence-electron chi connectivity index (χ2n) is 8.24. The van der Waals surface area contributed by atoms with Crippen LogP contribution in [0.4, 0.5) is 13.2 Å². The highest BCUT2D eigenvalue weighted by atomic mass is 19.4. The molecule has 9 heteroatoms. The zero-order chi connectivity index (χ0) is 23.3. The van der Waals surface area contributed by atoms with Crippen LogP contribution in [-0.2, 0) is 11.6 Å². The Morgan fingerprint density at radius 2 is 1.71 bits per heavy atom. The van der Waals surface area contributed by atoms with Crippen LogP contribution in [0.3, 0.4) is 0 Å². The van der Waals surface area contributed by atoms with Crippen LogP contribution in [0.5, 0.6) is 0 Å². The lowest BCUT2D eigenvalue weighted by Crippen LogP contribution is -2.31. The van der Waals surface area contributed by atoms with E-state index in [4.69, 9.17) is 0 Å². The Labute approximate surface area is 191 Å². The molecule has 2 heterocycles. The largest absolute Gasteiger partial charge is 0.433 e. The number of hydrogen-bond acceptors (Lipinski definition) is 4. The Balaban J connectivity index is 1.62. The number of tetrazole rings is 1. The Hall–Kier alpha value is -4.27.